The highest BCUT2D eigenvalue weighted by atomic mass is 19.1. The van der Waals surface area contributed by atoms with Crippen molar-refractivity contribution in [2.24, 2.45) is 11.8 Å². The van der Waals surface area contributed by atoms with Crippen molar-refractivity contribution in [3.05, 3.63) is 0 Å². The van der Waals surface area contributed by atoms with E-state index in [0.29, 0.717) is 18.3 Å². The molecule has 0 unspecified atom stereocenters. The maximum atomic E-state index is 13.5. The number of carbonyl (C=O) groups excluding carboxylic acids is 1. The third-order valence-electron chi connectivity index (χ3n) is 6.36. The molecule has 1 aliphatic heterocycles. The summed E-state index contributed by atoms with van der Waals surface area (Å²) in [5.74, 6) is 0.912. The number of aliphatic hydroxyl groups is 1. The van der Waals surface area contributed by atoms with Crippen molar-refractivity contribution in [3.63, 3.8) is 0 Å². The monoisotopic (exact) mass is 321 g/mol. The number of nitriles is 1. The van der Waals surface area contributed by atoms with Gasteiger partial charge < -0.3 is 15.3 Å². The lowest BCUT2D eigenvalue weighted by molar-refractivity contribution is -0.147. The molecule has 1 amide bonds. The molecule has 5 fully saturated rings. The Bertz CT molecular complexity index is 547. The first-order valence-electron chi connectivity index (χ1n) is 8.71. The van der Waals surface area contributed by atoms with E-state index < -0.39 is 17.8 Å². The van der Waals surface area contributed by atoms with Gasteiger partial charge in [-0.2, -0.15) is 5.26 Å². The molecule has 0 aromatic carbocycles. The summed E-state index contributed by atoms with van der Waals surface area (Å²) in [5.41, 5.74) is -0.710. The molecule has 4 saturated carbocycles. The molecule has 23 heavy (non-hydrogen) atoms. The number of rotatable bonds is 3. The summed E-state index contributed by atoms with van der Waals surface area (Å²) in [4.78, 5) is 13.8. The van der Waals surface area contributed by atoms with Crippen molar-refractivity contribution in [2.75, 3.05) is 13.1 Å². The van der Waals surface area contributed by atoms with Gasteiger partial charge in [-0.25, -0.2) is 4.39 Å². The van der Waals surface area contributed by atoms with Crippen molar-refractivity contribution in [3.8, 4) is 6.07 Å². The first-order chi connectivity index (χ1) is 10.9. The van der Waals surface area contributed by atoms with Crippen LogP contribution in [0.25, 0.3) is 0 Å². The van der Waals surface area contributed by atoms with E-state index in [0.717, 1.165) is 25.7 Å². The second-order valence-electron chi connectivity index (χ2n) is 8.34. The fourth-order valence-corrected chi connectivity index (χ4v) is 5.97. The van der Waals surface area contributed by atoms with Crippen LogP contribution in [0, 0.1) is 23.2 Å². The molecule has 126 valence electrons. The van der Waals surface area contributed by atoms with E-state index in [4.69, 9.17) is 5.26 Å². The number of hydrogen-bond donors (Lipinski definition) is 2. The summed E-state index contributed by atoms with van der Waals surface area (Å²) in [6, 6.07) is 1.38. The van der Waals surface area contributed by atoms with Crippen LogP contribution in [0.5, 0.6) is 0 Å². The lowest BCUT2D eigenvalue weighted by Gasteiger charge is -2.60. The van der Waals surface area contributed by atoms with Gasteiger partial charge in [0.25, 0.3) is 0 Å². The summed E-state index contributed by atoms with van der Waals surface area (Å²) >= 11 is 0. The van der Waals surface area contributed by atoms with Crippen LogP contribution in [-0.2, 0) is 4.79 Å². The molecular formula is C17H24FN3O2. The maximum absolute atomic E-state index is 13.5. The highest BCUT2D eigenvalue weighted by Gasteiger charge is 2.57. The number of nitrogens with one attached hydrogen (secondary N) is 1. The highest BCUT2D eigenvalue weighted by molar-refractivity contribution is 5.79. The second-order valence-corrected chi connectivity index (χ2v) is 8.34. The minimum Gasteiger partial charge on any atom is -0.390 e. The molecule has 1 heterocycles. The molecule has 0 spiro atoms. The predicted molar refractivity (Wildman–Crippen MR) is 81.0 cm³/mol. The van der Waals surface area contributed by atoms with E-state index in [9.17, 15) is 14.3 Å². The molecular weight excluding hydrogens is 297 g/mol. The van der Waals surface area contributed by atoms with Gasteiger partial charge in [-0.1, -0.05) is 0 Å². The van der Waals surface area contributed by atoms with Crippen molar-refractivity contribution in [1.82, 2.24) is 10.2 Å². The van der Waals surface area contributed by atoms with Crippen molar-refractivity contribution < 1.29 is 14.3 Å². The van der Waals surface area contributed by atoms with E-state index in [2.05, 4.69) is 5.32 Å². The zero-order chi connectivity index (χ0) is 16.2. The first kappa shape index (κ1) is 15.3. The minimum atomic E-state index is -1.09. The third-order valence-corrected chi connectivity index (χ3v) is 6.36. The van der Waals surface area contributed by atoms with Crippen LogP contribution in [0.1, 0.15) is 44.9 Å². The van der Waals surface area contributed by atoms with E-state index in [1.807, 2.05) is 6.07 Å². The first-order valence-corrected chi connectivity index (χ1v) is 8.71. The number of hydrogen-bond acceptors (Lipinski definition) is 4. The zero-order valence-corrected chi connectivity index (χ0v) is 13.3. The molecule has 1 saturated heterocycles. The fourth-order valence-electron chi connectivity index (χ4n) is 5.97. The standard InChI is InChI=1S/C17H24FN3O2/c18-13-2-14(7-19)21(9-13)15(22)8-20-16-3-11-1-12(4-16)6-17(23,5-11)10-16/h11-14,20,23H,1-6,8-10H2/t11-,12-,13-,14-,16?,17?/m0/s1. The smallest absolute Gasteiger partial charge is 0.237 e. The van der Waals surface area contributed by atoms with Gasteiger partial charge in [0.2, 0.25) is 5.91 Å². The molecule has 2 N–H and O–H groups in total. The molecule has 0 aromatic heterocycles. The molecule has 5 nitrogen and oxygen atoms in total. The van der Waals surface area contributed by atoms with Crippen molar-refractivity contribution >= 4 is 5.91 Å². The Kier molecular flexibility index (Phi) is 3.44. The van der Waals surface area contributed by atoms with Crippen LogP contribution in [0.4, 0.5) is 4.39 Å². The van der Waals surface area contributed by atoms with Gasteiger partial charge >= 0.3 is 0 Å². The Morgan fingerprint density at radius 3 is 2.61 bits per heavy atom. The third kappa shape index (κ3) is 2.64. The number of alkyl halides is 1. The average molecular weight is 321 g/mol. The molecule has 4 atom stereocenters. The van der Waals surface area contributed by atoms with Crippen LogP contribution >= 0.6 is 0 Å². The Morgan fingerprint density at radius 1 is 1.30 bits per heavy atom. The summed E-state index contributed by atoms with van der Waals surface area (Å²) in [6.07, 6.45) is 4.78. The van der Waals surface area contributed by atoms with Crippen LogP contribution < -0.4 is 5.32 Å². The van der Waals surface area contributed by atoms with Gasteiger partial charge in [-0.15, -0.1) is 0 Å². The number of amides is 1. The number of carbonyl (C=O) groups is 1. The van der Waals surface area contributed by atoms with E-state index in [1.165, 1.54) is 11.3 Å². The number of nitrogens with zero attached hydrogens (tertiary/aromatic N) is 2. The molecule has 5 rings (SSSR count). The maximum Gasteiger partial charge on any atom is 0.237 e. The lowest BCUT2D eigenvalue weighted by Crippen LogP contribution is -2.65. The predicted octanol–water partition coefficient (Wildman–Crippen LogP) is 1.12. The quantitative estimate of drug-likeness (QED) is 0.817. The highest BCUT2D eigenvalue weighted by Crippen LogP contribution is 2.57. The SMILES string of the molecule is N#C[C@@H]1C[C@H](F)CN1C(=O)CNC12C[C@@H]3C[C@H](CC(O)(C3)C1)C2. The average Bonchev–Trinajstić information content (AvgIpc) is 2.83. The zero-order valence-electron chi connectivity index (χ0n) is 13.3. The topological polar surface area (TPSA) is 76.4 Å². The van der Waals surface area contributed by atoms with Gasteiger partial charge in [0.1, 0.15) is 12.2 Å². The largest absolute Gasteiger partial charge is 0.390 e. The molecule has 4 bridgehead atoms. The Balaban J connectivity index is 1.41. The van der Waals surface area contributed by atoms with Crippen LogP contribution in [0.3, 0.4) is 0 Å². The van der Waals surface area contributed by atoms with Crippen molar-refractivity contribution in [1.29, 1.82) is 5.26 Å². The molecule has 0 aromatic rings. The van der Waals surface area contributed by atoms with E-state index in [-0.39, 0.29) is 31.0 Å². The Morgan fingerprint density at radius 2 is 2.00 bits per heavy atom. The van der Waals surface area contributed by atoms with E-state index in [1.54, 1.807) is 0 Å². The van der Waals surface area contributed by atoms with Crippen LogP contribution in [-0.4, -0.2) is 52.4 Å². The molecule has 4 aliphatic carbocycles. The second kappa shape index (κ2) is 5.15. The van der Waals surface area contributed by atoms with Gasteiger partial charge in [-0.05, 0) is 50.4 Å². The minimum absolute atomic E-state index is 0.0287. The van der Waals surface area contributed by atoms with Gasteiger partial charge in [-0.3, -0.25) is 4.79 Å². The Hall–Kier alpha value is -1.19. The van der Waals surface area contributed by atoms with Crippen LogP contribution in [0.15, 0.2) is 0 Å². The molecule has 6 heteroatoms. The summed E-state index contributed by atoms with van der Waals surface area (Å²) in [5, 5.41) is 23.2. The lowest BCUT2D eigenvalue weighted by atomic mass is 9.51. The molecule has 5 aliphatic rings. The van der Waals surface area contributed by atoms with Gasteiger partial charge in [0, 0.05) is 12.0 Å². The van der Waals surface area contributed by atoms with Crippen molar-refractivity contribution in [2.45, 2.75) is 68.3 Å². The Labute approximate surface area is 135 Å². The number of halogens is 1. The fraction of sp³-hybridized carbons (Fsp3) is 0.882. The van der Waals surface area contributed by atoms with E-state index >= 15 is 0 Å². The van der Waals surface area contributed by atoms with Gasteiger partial charge in [0.15, 0.2) is 0 Å². The van der Waals surface area contributed by atoms with Crippen LogP contribution in [0.2, 0.25) is 0 Å². The summed E-state index contributed by atoms with van der Waals surface area (Å²) in [6.45, 7) is 0.168. The normalized spacial score (nSPS) is 47.8. The molecule has 0 radical (unpaired) electrons. The number of likely N-dealkylation sites (tertiary alicyclic amines) is 1. The summed E-state index contributed by atoms with van der Waals surface area (Å²) < 4.78 is 13.5. The summed E-state index contributed by atoms with van der Waals surface area (Å²) in [7, 11) is 0. The van der Waals surface area contributed by atoms with Gasteiger partial charge in [0.05, 0.1) is 24.8 Å².